The number of nitrogens with two attached hydrogens (primary N) is 1. The Hall–Kier alpha value is -1.62. The maximum atomic E-state index is 13.7. The molecule has 18 heavy (non-hydrogen) atoms. The quantitative estimate of drug-likeness (QED) is 0.812. The molecule has 100 valence electrons. The van der Waals surface area contributed by atoms with Gasteiger partial charge in [0, 0.05) is 6.04 Å². The first-order valence-corrected chi connectivity index (χ1v) is 5.97. The number of rotatable bonds is 6. The van der Waals surface area contributed by atoms with Crippen LogP contribution in [0.25, 0.3) is 0 Å². The lowest BCUT2D eigenvalue weighted by molar-refractivity contribution is 0.0927. The van der Waals surface area contributed by atoms with Gasteiger partial charge in [0.2, 0.25) is 0 Å². The summed E-state index contributed by atoms with van der Waals surface area (Å²) in [6.45, 7) is 2.42. The van der Waals surface area contributed by atoms with E-state index in [0.717, 1.165) is 6.42 Å². The van der Waals surface area contributed by atoms with Crippen molar-refractivity contribution in [1.29, 1.82) is 0 Å². The summed E-state index contributed by atoms with van der Waals surface area (Å²) >= 11 is 0. The van der Waals surface area contributed by atoms with Crippen molar-refractivity contribution in [2.75, 3.05) is 13.7 Å². The van der Waals surface area contributed by atoms with Gasteiger partial charge in [0.25, 0.3) is 5.91 Å². The van der Waals surface area contributed by atoms with Crippen molar-refractivity contribution in [3.8, 4) is 5.75 Å². The van der Waals surface area contributed by atoms with Crippen molar-refractivity contribution >= 4 is 5.91 Å². The number of methoxy groups -OCH3 is 1. The number of nitrogens with one attached hydrogen (secondary N) is 1. The Bertz CT molecular complexity index is 410. The van der Waals surface area contributed by atoms with E-state index in [1.165, 1.54) is 19.2 Å². The Kier molecular flexibility index (Phi) is 5.58. The highest BCUT2D eigenvalue weighted by Gasteiger charge is 2.19. The highest BCUT2D eigenvalue weighted by molar-refractivity contribution is 5.97. The Labute approximate surface area is 106 Å². The number of hydrogen-bond donors (Lipinski definition) is 2. The van der Waals surface area contributed by atoms with Crippen LogP contribution in [-0.2, 0) is 0 Å². The van der Waals surface area contributed by atoms with Gasteiger partial charge in [-0.25, -0.2) is 4.39 Å². The zero-order valence-corrected chi connectivity index (χ0v) is 10.7. The summed E-state index contributed by atoms with van der Waals surface area (Å²) in [6, 6.07) is 4.25. The molecule has 3 N–H and O–H groups in total. The molecule has 1 amide bonds. The van der Waals surface area contributed by atoms with E-state index in [0.29, 0.717) is 13.0 Å². The predicted molar refractivity (Wildman–Crippen MR) is 68.2 cm³/mol. The first kappa shape index (κ1) is 14.4. The van der Waals surface area contributed by atoms with Crippen LogP contribution in [0.5, 0.6) is 5.75 Å². The third-order valence-electron chi connectivity index (χ3n) is 2.77. The lowest BCUT2D eigenvalue weighted by atomic mass is 10.1. The van der Waals surface area contributed by atoms with Crippen LogP contribution in [0.4, 0.5) is 4.39 Å². The second kappa shape index (κ2) is 6.96. The van der Waals surface area contributed by atoms with Crippen LogP contribution in [0, 0.1) is 5.82 Å². The monoisotopic (exact) mass is 254 g/mol. The maximum absolute atomic E-state index is 13.7. The van der Waals surface area contributed by atoms with E-state index < -0.39 is 11.7 Å². The Balaban J connectivity index is 2.89. The summed E-state index contributed by atoms with van der Waals surface area (Å²) in [5, 5.41) is 2.76. The van der Waals surface area contributed by atoms with E-state index in [4.69, 9.17) is 10.5 Å². The number of hydrogen-bond acceptors (Lipinski definition) is 3. The van der Waals surface area contributed by atoms with Crippen molar-refractivity contribution in [1.82, 2.24) is 5.32 Å². The number of amides is 1. The van der Waals surface area contributed by atoms with E-state index in [2.05, 4.69) is 5.32 Å². The number of halogens is 1. The van der Waals surface area contributed by atoms with Crippen molar-refractivity contribution in [2.45, 2.75) is 25.8 Å². The molecule has 0 aliphatic carbocycles. The van der Waals surface area contributed by atoms with Crippen molar-refractivity contribution in [3.63, 3.8) is 0 Å². The van der Waals surface area contributed by atoms with E-state index in [-0.39, 0.29) is 17.4 Å². The van der Waals surface area contributed by atoms with Gasteiger partial charge < -0.3 is 15.8 Å². The molecule has 0 spiro atoms. The largest absolute Gasteiger partial charge is 0.496 e. The minimum atomic E-state index is -0.588. The minimum Gasteiger partial charge on any atom is -0.496 e. The van der Waals surface area contributed by atoms with Gasteiger partial charge in [0.05, 0.1) is 7.11 Å². The van der Waals surface area contributed by atoms with E-state index >= 15 is 0 Å². The van der Waals surface area contributed by atoms with Crippen LogP contribution in [-0.4, -0.2) is 25.6 Å². The fraction of sp³-hybridized carbons (Fsp3) is 0.462. The predicted octanol–water partition coefficient (Wildman–Crippen LogP) is 1.69. The second-order valence-corrected chi connectivity index (χ2v) is 3.97. The molecular formula is C13H19FN2O2. The molecule has 1 rings (SSSR count). The van der Waals surface area contributed by atoms with Gasteiger partial charge in [-0.05, 0) is 31.5 Å². The van der Waals surface area contributed by atoms with Crippen molar-refractivity contribution in [2.24, 2.45) is 5.73 Å². The van der Waals surface area contributed by atoms with Crippen molar-refractivity contribution < 1.29 is 13.9 Å². The maximum Gasteiger partial charge on any atom is 0.258 e. The molecule has 1 aromatic rings. The van der Waals surface area contributed by atoms with Gasteiger partial charge in [0.15, 0.2) is 0 Å². The average molecular weight is 254 g/mol. The van der Waals surface area contributed by atoms with Crippen LogP contribution >= 0.6 is 0 Å². The standard InChI is InChI=1S/C13H19FN2O2/c1-3-9(7-8-15)16-13(17)12-10(14)5-4-6-11(12)18-2/h4-6,9H,3,7-8,15H2,1-2H3,(H,16,17). The zero-order chi connectivity index (χ0) is 13.5. The highest BCUT2D eigenvalue weighted by atomic mass is 19.1. The van der Waals surface area contributed by atoms with E-state index in [1.807, 2.05) is 6.92 Å². The van der Waals surface area contributed by atoms with Gasteiger partial charge in [-0.15, -0.1) is 0 Å². The van der Waals surface area contributed by atoms with Crippen LogP contribution < -0.4 is 15.8 Å². The molecule has 0 aliphatic rings. The molecule has 0 fully saturated rings. The summed E-state index contributed by atoms with van der Waals surface area (Å²) in [5.74, 6) is -0.824. The molecule has 0 bridgehead atoms. The van der Waals surface area contributed by atoms with Gasteiger partial charge in [-0.2, -0.15) is 0 Å². The first-order chi connectivity index (χ1) is 8.63. The minimum absolute atomic E-state index is 0.0492. The van der Waals surface area contributed by atoms with Gasteiger partial charge in [-0.3, -0.25) is 4.79 Å². The number of ether oxygens (including phenoxy) is 1. The lowest BCUT2D eigenvalue weighted by Crippen LogP contribution is -2.36. The van der Waals surface area contributed by atoms with Gasteiger partial charge >= 0.3 is 0 Å². The van der Waals surface area contributed by atoms with Crippen LogP contribution in [0.1, 0.15) is 30.1 Å². The van der Waals surface area contributed by atoms with E-state index in [1.54, 1.807) is 6.07 Å². The molecule has 0 saturated heterocycles. The highest BCUT2D eigenvalue weighted by Crippen LogP contribution is 2.21. The number of carbonyl (C=O) groups is 1. The molecule has 0 heterocycles. The van der Waals surface area contributed by atoms with Gasteiger partial charge in [-0.1, -0.05) is 13.0 Å². The topological polar surface area (TPSA) is 64.3 Å². The van der Waals surface area contributed by atoms with Gasteiger partial charge in [0.1, 0.15) is 17.1 Å². The third-order valence-corrected chi connectivity index (χ3v) is 2.77. The fourth-order valence-electron chi connectivity index (χ4n) is 1.73. The summed E-state index contributed by atoms with van der Waals surface area (Å²) in [7, 11) is 1.41. The zero-order valence-electron chi connectivity index (χ0n) is 10.7. The van der Waals surface area contributed by atoms with Crippen LogP contribution in [0.15, 0.2) is 18.2 Å². The molecule has 0 radical (unpaired) electrons. The lowest BCUT2D eigenvalue weighted by Gasteiger charge is -2.17. The Morgan fingerprint density at radius 3 is 2.83 bits per heavy atom. The number of carbonyl (C=O) groups excluding carboxylic acids is 1. The summed E-state index contributed by atoms with van der Waals surface area (Å²) in [4.78, 5) is 12.0. The van der Waals surface area contributed by atoms with E-state index in [9.17, 15) is 9.18 Å². The smallest absolute Gasteiger partial charge is 0.258 e. The number of benzene rings is 1. The molecule has 0 saturated carbocycles. The molecule has 1 aromatic carbocycles. The molecule has 0 aromatic heterocycles. The summed E-state index contributed by atoms with van der Waals surface area (Å²) in [5.41, 5.74) is 5.40. The Morgan fingerprint density at radius 2 is 2.28 bits per heavy atom. The average Bonchev–Trinajstić information content (AvgIpc) is 2.37. The third kappa shape index (κ3) is 3.43. The normalized spacial score (nSPS) is 12.0. The molecule has 5 heteroatoms. The van der Waals surface area contributed by atoms with Crippen LogP contribution in [0.2, 0.25) is 0 Å². The molecule has 4 nitrogen and oxygen atoms in total. The SMILES string of the molecule is CCC(CCN)NC(=O)c1c(F)cccc1OC. The molecular weight excluding hydrogens is 235 g/mol. The first-order valence-electron chi connectivity index (χ1n) is 5.97. The summed E-state index contributed by atoms with van der Waals surface area (Å²) < 4.78 is 18.7. The molecule has 0 aliphatic heterocycles. The Morgan fingerprint density at radius 1 is 1.56 bits per heavy atom. The van der Waals surface area contributed by atoms with Crippen LogP contribution in [0.3, 0.4) is 0 Å². The molecule has 1 atom stereocenters. The second-order valence-electron chi connectivity index (χ2n) is 3.97. The van der Waals surface area contributed by atoms with Crippen molar-refractivity contribution in [3.05, 3.63) is 29.6 Å². The fourth-order valence-corrected chi connectivity index (χ4v) is 1.73. The summed E-state index contributed by atoms with van der Waals surface area (Å²) in [6.07, 6.45) is 1.42. The molecule has 1 unspecified atom stereocenters.